The lowest BCUT2D eigenvalue weighted by Crippen LogP contribution is -2.22. The van der Waals surface area contributed by atoms with Crippen LogP contribution in [0, 0.1) is 5.41 Å². The Balaban J connectivity index is 1.81. The van der Waals surface area contributed by atoms with Crippen molar-refractivity contribution in [2.45, 2.75) is 57.8 Å². The summed E-state index contributed by atoms with van der Waals surface area (Å²) in [5.41, 5.74) is -0.186. The molecule has 1 saturated heterocycles. The molecule has 0 aromatic carbocycles. The van der Waals surface area contributed by atoms with E-state index in [9.17, 15) is 9.59 Å². The molecule has 0 aromatic heterocycles. The van der Waals surface area contributed by atoms with E-state index in [1.165, 1.54) is 0 Å². The maximum atomic E-state index is 11.9. The van der Waals surface area contributed by atoms with E-state index in [-0.39, 0.29) is 30.6 Å². The Morgan fingerprint density at radius 1 is 0.778 bits per heavy atom. The standard InChI is InChI=1S/C14H22O4/c15-12-6-4-2-1-3-5-7-14(8-9-14)13(16)18-11-10-17-12/h1-11H2. The third kappa shape index (κ3) is 3.72. The van der Waals surface area contributed by atoms with E-state index in [0.29, 0.717) is 6.42 Å². The molecule has 0 N–H and O–H groups in total. The van der Waals surface area contributed by atoms with Crippen LogP contribution in [0.15, 0.2) is 0 Å². The largest absolute Gasteiger partial charge is 0.462 e. The maximum absolute atomic E-state index is 11.9. The first-order valence-electron chi connectivity index (χ1n) is 7.06. The number of hydrogen-bond donors (Lipinski definition) is 0. The first kappa shape index (κ1) is 13.4. The average molecular weight is 254 g/mol. The van der Waals surface area contributed by atoms with Gasteiger partial charge in [-0.1, -0.05) is 25.7 Å². The minimum atomic E-state index is -0.186. The van der Waals surface area contributed by atoms with Crippen LogP contribution in [-0.2, 0) is 19.1 Å². The van der Waals surface area contributed by atoms with Crippen molar-refractivity contribution in [2.75, 3.05) is 13.2 Å². The second kappa shape index (κ2) is 6.21. The number of carbonyl (C=O) groups is 2. The van der Waals surface area contributed by atoms with Crippen molar-refractivity contribution in [3.63, 3.8) is 0 Å². The number of carbonyl (C=O) groups excluding carboxylic acids is 2. The summed E-state index contributed by atoms with van der Waals surface area (Å²) in [5.74, 6) is -0.264. The third-order valence-corrected chi connectivity index (χ3v) is 3.90. The summed E-state index contributed by atoms with van der Waals surface area (Å²) in [6.45, 7) is 0.396. The first-order chi connectivity index (χ1) is 8.73. The molecule has 4 nitrogen and oxygen atoms in total. The van der Waals surface area contributed by atoms with Gasteiger partial charge in [0.2, 0.25) is 0 Å². The molecule has 102 valence electrons. The fourth-order valence-electron chi connectivity index (χ4n) is 2.49. The topological polar surface area (TPSA) is 52.6 Å². The van der Waals surface area contributed by atoms with Crippen molar-refractivity contribution in [2.24, 2.45) is 5.41 Å². The molecule has 1 spiro atoms. The van der Waals surface area contributed by atoms with Gasteiger partial charge in [-0.2, -0.15) is 0 Å². The van der Waals surface area contributed by atoms with Crippen LogP contribution >= 0.6 is 0 Å². The van der Waals surface area contributed by atoms with E-state index in [1.807, 2.05) is 0 Å². The molecule has 0 aromatic rings. The van der Waals surface area contributed by atoms with Gasteiger partial charge in [-0.3, -0.25) is 9.59 Å². The van der Waals surface area contributed by atoms with Crippen molar-refractivity contribution in [1.82, 2.24) is 0 Å². The Kier molecular flexibility index (Phi) is 4.61. The van der Waals surface area contributed by atoms with Crippen LogP contribution in [0.5, 0.6) is 0 Å². The second-order valence-corrected chi connectivity index (χ2v) is 5.40. The van der Waals surface area contributed by atoms with Gasteiger partial charge in [-0.25, -0.2) is 0 Å². The van der Waals surface area contributed by atoms with Crippen molar-refractivity contribution in [3.8, 4) is 0 Å². The molecular formula is C14H22O4. The molecule has 0 amide bonds. The fraction of sp³-hybridized carbons (Fsp3) is 0.857. The predicted octanol–water partition coefficient (Wildman–Crippen LogP) is 2.60. The van der Waals surface area contributed by atoms with Gasteiger partial charge in [-0.05, 0) is 25.7 Å². The van der Waals surface area contributed by atoms with Crippen LogP contribution in [0.4, 0.5) is 0 Å². The van der Waals surface area contributed by atoms with Crippen LogP contribution in [0.25, 0.3) is 0 Å². The van der Waals surface area contributed by atoms with Crippen molar-refractivity contribution >= 4 is 11.9 Å². The lowest BCUT2D eigenvalue weighted by atomic mass is 9.97. The minimum Gasteiger partial charge on any atom is -0.462 e. The molecule has 0 unspecified atom stereocenters. The highest BCUT2D eigenvalue weighted by molar-refractivity contribution is 5.79. The second-order valence-electron chi connectivity index (χ2n) is 5.40. The average Bonchev–Trinajstić information content (AvgIpc) is 3.13. The summed E-state index contributed by atoms with van der Waals surface area (Å²) in [7, 11) is 0. The summed E-state index contributed by atoms with van der Waals surface area (Å²) < 4.78 is 10.2. The van der Waals surface area contributed by atoms with Gasteiger partial charge in [0.1, 0.15) is 13.2 Å². The molecule has 4 heteroatoms. The van der Waals surface area contributed by atoms with Gasteiger partial charge in [0.05, 0.1) is 5.41 Å². The van der Waals surface area contributed by atoms with Crippen LogP contribution in [-0.4, -0.2) is 25.2 Å². The zero-order chi connectivity index (χ0) is 12.8. The molecule has 18 heavy (non-hydrogen) atoms. The van der Waals surface area contributed by atoms with E-state index in [2.05, 4.69) is 0 Å². The number of hydrogen-bond acceptors (Lipinski definition) is 4. The monoisotopic (exact) mass is 254 g/mol. The summed E-state index contributed by atoms with van der Waals surface area (Å²) in [4.78, 5) is 23.2. The van der Waals surface area contributed by atoms with Gasteiger partial charge in [-0.15, -0.1) is 0 Å². The smallest absolute Gasteiger partial charge is 0.312 e. The maximum Gasteiger partial charge on any atom is 0.312 e. The van der Waals surface area contributed by atoms with Gasteiger partial charge in [0.15, 0.2) is 0 Å². The Morgan fingerprint density at radius 3 is 2.22 bits per heavy atom. The van der Waals surface area contributed by atoms with Gasteiger partial charge in [0, 0.05) is 6.42 Å². The number of cyclic esters (lactones) is 2. The molecule has 1 aliphatic carbocycles. The summed E-state index contributed by atoms with van der Waals surface area (Å²) in [5, 5.41) is 0. The van der Waals surface area contributed by atoms with Crippen LogP contribution < -0.4 is 0 Å². The van der Waals surface area contributed by atoms with Crippen molar-refractivity contribution < 1.29 is 19.1 Å². The summed E-state index contributed by atoms with van der Waals surface area (Å²) in [6.07, 6.45) is 8.74. The fourth-order valence-corrected chi connectivity index (χ4v) is 2.49. The van der Waals surface area contributed by atoms with Crippen molar-refractivity contribution in [3.05, 3.63) is 0 Å². The van der Waals surface area contributed by atoms with Crippen LogP contribution in [0.2, 0.25) is 0 Å². The van der Waals surface area contributed by atoms with Gasteiger partial charge >= 0.3 is 11.9 Å². The van der Waals surface area contributed by atoms with E-state index in [4.69, 9.17) is 9.47 Å². The zero-order valence-electron chi connectivity index (χ0n) is 10.9. The highest BCUT2D eigenvalue weighted by Gasteiger charge is 2.50. The highest BCUT2D eigenvalue weighted by atomic mass is 16.6. The molecule has 0 radical (unpaired) electrons. The normalized spacial score (nSPS) is 26.0. The molecule has 2 rings (SSSR count). The Hall–Kier alpha value is -1.06. The predicted molar refractivity (Wildman–Crippen MR) is 65.9 cm³/mol. The Labute approximate surface area is 108 Å². The molecule has 2 aliphatic rings. The van der Waals surface area contributed by atoms with Crippen LogP contribution in [0.1, 0.15) is 57.8 Å². The van der Waals surface area contributed by atoms with E-state index in [0.717, 1.165) is 51.4 Å². The Morgan fingerprint density at radius 2 is 1.44 bits per heavy atom. The van der Waals surface area contributed by atoms with Gasteiger partial charge in [0.25, 0.3) is 0 Å². The van der Waals surface area contributed by atoms with Crippen LogP contribution in [0.3, 0.4) is 0 Å². The minimum absolute atomic E-state index is 0.0874. The van der Waals surface area contributed by atoms with Crippen molar-refractivity contribution in [1.29, 1.82) is 0 Å². The number of esters is 2. The third-order valence-electron chi connectivity index (χ3n) is 3.90. The molecule has 0 bridgehead atoms. The summed E-state index contributed by atoms with van der Waals surface area (Å²) in [6, 6.07) is 0. The molecular weight excluding hydrogens is 232 g/mol. The zero-order valence-corrected chi connectivity index (χ0v) is 10.9. The molecule has 2 fully saturated rings. The summed E-state index contributed by atoms with van der Waals surface area (Å²) >= 11 is 0. The lowest BCUT2D eigenvalue weighted by Gasteiger charge is -2.15. The molecule has 1 heterocycles. The molecule has 1 saturated carbocycles. The molecule has 0 atom stereocenters. The Bertz CT molecular complexity index is 307. The van der Waals surface area contributed by atoms with E-state index < -0.39 is 0 Å². The van der Waals surface area contributed by atoms with Gasteiger partial charge < -0.3 is 9.47 Å². The van der Waals surface area contributed by atoms with E-state index >= 15 is 0 Å². The SMILES string of the molecule is O=C1CCCCCCCC2(CC2)C(=O)OCCO1. The number of ether oxygens (including phenoxy) is 2. The van der Waals surface area contributed by atoms with E-state index in [1.54, 1.807) is 0 Å². The highest BCUT2D eigenvalue weighted by Crippen LogP contribution is 2.51. The lowest BCUT2D eigenvalue weighted by molar-refractivity contribution is -0.156. The molecule has 1 aliphatic heterocycles. The first-order valence-corrected chi connectivity index (χ1v) is 7.06. The number of rotatable bonds is 0. The quantitative estimate of drug-likeness (QED) is 0.623.